The van der Waals surface area contributed by atoms with E-state index in [1.54, 1.807) is 6.92 Å². The molecular formula is C28H44OS3. The predicted octanol–water partition coefficient (Wildman–Crippen LogP) is 10.3. The standard InChI is InChI=1S/C28H44OS3/c1-3-4-5-6-7-8-9-10-11-14-17-25-22-27(32-23-25)28-26(19-21-31-28)18-15-12-13-16-20-30-24(2)29/h19,21-23H,3-18,20H2,1-2H3. The molecule has 0 unspecified atom stereocenters. The maximum atomic E-state index is 11.0. The molecule has 0 amide bonds. The van der Waals surface area contributed by atoms with Crippen LogP contribution in [0.25, 0.3) is 9.75 Å². The fourth-order valence-corrected chi connectivity index (χ4v) is 6.89. The third-order valence-corrected chi connectivity index (χ3v) is 9.10. The van der Waals surface area contributed by atoms with Crippen LogP contribution < -0.4 is 0 Å². The third-order valence-electron chi connectivity index (χ3n) is 6.09. The van der Waals surface area contributed by atoms with Crippen molar-refractivity contribution in [3.63, 3.8) is 0 Å². The van der Waals surface area contributed by atoms with E-state index >= 15 is 0 Å². The molecule has 0 spiro atoms. The number of hydrogen-bond acceptors (Lipinski definition) is 4. The maximum absolute atomic E-state index is 11.0. The summed E-state index contributed by atoms with van der Waals surface area (Å²) in [4.78, 5) is 13.9. The molecule has 0 atom stereocenters. The summed E-state index contributed by atoms with van der Waals surface area (Å²) in [6.45, 7) is 3.95. The summed E-state index contributed by atoms with van der Waals surface area (Å²) < 4.78 is 0. The van der Waals surface area contributed by atoms with Gasteiger partial charge in [-0.2, -0.15) is 0 Å². The zero-order chi connectivity index (χ0) is 22.9. The van der Waals surface area contributed by atoms with Crippen LogP contribution in [0.1, 0.15) is 115 Å². The van der Waals surface area contributed by atoms with E-state index in [1.165, 1.54) is 129 Å². The Morgan fingerprint density at radius 3 is 2.12 bits per heavy atom. The van der Waals surface area contributed by atoms with Gasteiger partial charge in [-0.25, -0.2) is 0 Å². The topological polar surface area (TPSA) is 17.1 Å². The smallest absolute Gasteiger partial charge is 0.185 e. The van der Waals surface area contributed by atoms with Crippen molar-refractivity contribution in [2.45, 2.75) is 117 Å². The molecule has 4 heteroatoms. The van der Waals surface area contributed by atoms with Crippen molar-refractivity contribution < 1.29 is 4.79 Å². The molecular weight excluding hydrogens is 449 g/mol. The van der Waals surface area contributed by atoms with Gasteiger partial charge in [-0.3, -0.25) is 4.79 Å². The van der Waals surface area contributed by atoms with Crippen LogP contribution in [0.5, 0.6) is 0 Å². The number of rotatable bonds is 19. The highest BCUT2D eigenvalue weighted by Crippen LogP contribution is 2.35. The molecule has 2 rings (SSSR count). The van der Waals surface area contributed by atoms with Crippen LogP contribution in [0, 0.1) is 0 Å². The van der Waals surface area contributed by atoms with Crippen molar-refractivity contribution in [2.75, 3.05) is 5.75 Å². The van der Waals surface area contributed by atoms with Crippen LogP contribution >= 0.6 is 34.4 Å². The summed E-state index contributed by atoms with van der Waals surface area (Å²) in [5.41, 5.74) is 3.06. The van der Waals surface area contributed by atoms with Crippen LogP contribution in [-0.4, -0.2) is 10.9 Å². The van der Waals surface area contributed by atoms with Gasteiger partial charge in [0.15, 0.2) is 5.12 Å². The lowest BCUT2D eigenvalue weighted by Crippen LogP contribution is -1.89. The Balaban J connectivity index is 1.59. The Bertz CT molecular complexity index is 731. The van der Waals surface area contributed by atoms with Crippen molar-refractivity contribution in [1.82, 2.24) is 0 Å². The van der Waals surface area contributed by atoms with Crippen molar-refractivity contribution in [3.05, 3.63) is 34.0 Å². The largest absolute Gasteiger partial charge is 0.288 e. The second-order valence-corrected chi connectivity index (χ2v) is 12.1. The zero-order valence-corrected chi connectivity index (χ0v) is 22.9. The van der Waals surface area contributed by atoms with Gasteiger partial charge in [0.1, 0.15) is 0 Å². The van der Waals surface area contributed by atoms with Crippen molar-refractivity contribution in [1.29, 1.82) is 0 Å². The van der Waals surface area contributed by atoms with E-state index in [2.05, 4.69) is 29.8 Å². The lowest BCUT2D eigenvalue weighted by Gasteiger charge is -2.03. The highest BCUT2D eigenvalue weighted by molar-refractivity contribution is 8.13. The second-order valence-electron chi connectivity index (χ2n) is 9.03. The van der Waals surface area contributed by atoms with E-state index in [0.29, 0.717) is 0 Å². The molecule has 0 bridgehead atoms. The van der Waals surface area contributed by atoms with Gasteiger partial charge >= 0.3 is 0 Å². The van der Waals surface area contributed by atoms with Gasteiger partial charge in [0, 0.05) is 22.4 Å². The molecule has 180 valence electrons. The molecule has 2 heterocycles. The molecule has 0 aliphatic rings. The molecule has 0 radical (unpaired) electrons. The molecule has 0 aromatic carbocycles. The predicted molar refractivity (Wildman–Crippen MR) is 148 cm³/mol. The molecule has 0 saturated heterocycles. The minimum absolute atomic E-state index is 0.247. The van der Waals surface area contributed by atoms with Gasteiger partial charge in [-0.15, -0.1) is 22.7 Å². The summed E-state index contributed by atoms with van der Waals surface area (Å²) in [6, 6.07) is 4.78. The van der Waals surface area contributed by atoms with E-state index in [9.17, 15) is 4.79 Å². The van der Waals surface area contributed by atoms with E-state index in [0.717, 1.165) is 12.2 Å². The van der Waals surface area contributed by atoms with Crippen LogP contribution in [0.4, 0.5) is 0 Å². The second kappa shape index (κ2) is 17.8. The van der Waals surface area contributed by atoms with Gasteiger partial charge in [0.2, 0.25) is 0 Å². The molecule has 1 nitrogen and oxygen atoms in total. The molecule has 0 saturated carbocycles. The summed E-state index contributed by atoms with van der Waals surface area (Å²) in [6.07, 6.45) is 21.4. The monoisotopic (exact) mass is 492 g/mol. The van der Waals surface area contributed by atoms with E-state index < -0.39 is 0 Å². The van der Waals surface area contributed by atoms with Gasteiger partial charge < -0.3 is 0 Å². The van der Waals surface area contributed by atoms with Gasteiger partial charge in [-0.05, 0) is 66.1 Å². The number of thiophene rings is 2. The number of unbranched alkanes of at least 4 members (excludes halogenated alkanes) is 12. The first kappa shape index (κ1) is 27.7. The number of hydrogen-bond donors (Lipinski definition) is 0. The van der Waals surface area contributed by atoms with Gasteiger partial charge in [0.25, 0.3) is 0 Å². The Morgan fingerprint density at radius 1 is 0.812 bits per heavy atom. The summed E-state index contributed by atoms with van der Waals surface area (Å²) in [7, 11) is 0. The zero-order valence-electron chi connectivity index (χ0n) is 20.5. The van der Waals surface area contributed by atoms with E-state index in [1.807, 2.05) is 22.7 Å². The SMILES string of the molecule is CCCCCCCCCCCCc1csc(-c2sccc2CCCCCCSC(C)=O)c1. The average molecular weight is 493 g/mol. The van der Waals surface area contributed by atoms with Crippen molar-refractivity contribution in [2.24, 2.45) is 0 Å². The van der Waals surface area contributed by atoms with Crippen LogP contribution in [0.3, 0.4) is 0 Å². The van der Waals surface area contributed by atoms with Gasteiger partial charge in [-0.1, -0.05) is 89.3 Å². The van der Waals surface area contributed by atoms with E-state index in [-0.39, 0.29) is 5.12 Å². The highest BCUT2D eigenvalue weighted by atomic mass is 32.2. The number of carbonyl (C=O) groups excluding carboxylic acids is 1. The molecule has 2 aromatic heterocycles. The first-order valence-electron chi connectivity index (χ1n) is 13.0. The average Bonchev–Trinajstić information content (AvgIpc) is 3.43. The van der Waals surface area contributed by atoms with Crippen molar-refractivity contribution in [3.8, 4) is 9.75 Å². The fourth-order valence-electron chi connectivity index (χ4n) is 4.18. The first-order chi connectivity index (χ1) is 15.7. The number of aryl methyl sites for hydroxylation is 2. The van der Waals surface area contributed by atoms with Crippen molar-refractivity contribution >= 4 is 39.6 Å². The van der Waals surface area contributed by atoms with Crippen LogP contribution in [0.15, 0.2) is 22.9 Å². The van der Waals surface area contributed by atoms with E-state index in [4.69, 9.17) is 0 Å². The number of carbonyl (C=O) groups is 1. The fraction of sp³-hybridized carbons (Fsp3) is 0.679. The van der Waals surface area contributed by atoms with Crippen LogP contribution in [0.2, 0.25) is 0 Å². The Labute approximate surface area is 209 Å². The summed E-state index contributed by atoms with van der Waals surface area (Å²) >= 11 is 5.30. The Kier molecular flexibility index (Phi) is 15.4. The highest BCUT2D eigenvalue weighted by Gasteiger charge is 2.10. The van der Waals surface area contributed by atoms with Gasteiger partial charge in [0.05, 0.1) is 0 Å². The summed E-state index contributed by atoms with van der Waals surface area (Å²) in [5.74, 6) is 0.982. The number of thioether (sulfide) groups is 1. The third kappa shape index (κ3) is 12.0. The molecule has 2 aromatic rings. The molecule has 0 N–H and O–H groups in total. The normalized spacial score (nSPS) is 11.3. The minimum Gasteiger partial charge on any atom is -0.288 e. The molecule has 0 aliphatic carbocycles. The Hall–Kier alpha value is -0.580. The lowest BCUT2D eigenvalue weighted by atomic mass is 10.0. The quantitative estimate of drug-likeness (QED) is 0.181. The molecule has 0 aliphatic heterocycles. The molecule has 0 fully saturated rings. The van der Waals surface area contributed by atoms with Crippen LogP contribution in [-0.2, 0) is 17.6 Å². The minimum atomic E-state index is 0.247. The Morgan fingerprint density at radius 2 is 1.44 bits per heavy atom. The lowest BCUT2D eigenvalue weighted by molar-refractivity contribution is -0.109. The summed E-state index contributed by atoms with van der Waals surface area (Å²) in [5, 5.41) is 4.89. The maximum Gasteiger partial charge on any atom is 0.185 e. The first-order valence-corrected chi connectivity index (χ1v) is 15.7. The molecule has 32 heavy (non-hydrogen) atoms.